The molecular formula is C31H38N4O6S. The van der Waals surface area contributed by atoms with Crippen LogP contribution in [0.3, 0.4) is 0 Å². The van der Waals surface area contributed by atoms with Crippen molar-refractivity contribution in [1.29, 1.82) is 0 Å². The minimum atomic E-state index is -1.02. The summed E-state index contributed by atoms with van der Waals surface area (Å²) in [4.78, 5) is 45.5. The van der Waals surface area contributed by atoms with E-state index < -0.39 is 29.8 Å². The molecule has 1 aromatic heterocycles. The van der Waals surface area contributed by atoms with Crippen LogP contribution in [0.4, 0.5) is 15.6 Å². The molecule has 0 saturated carbocycles. The smallest absolute Gasteiger partial charge is 0.410 e. The summed E-state index contributed by atoms with van der Waals surface area (Å²) in [5, 5.41) is 23.6. The van der Waals surface area contributed by atoms with Gasteiger partial charge in [0.05, 0.1) is 18.3 Å². The third-order valence-corrected chi connectivity index (χ3v) is 8.08. The molecule has 2 amide bonds. The van der Waals surface area contributed by atoms with E-state index in [1.165, 1.54) is 4.90 Å². The minimum Gasteiger partial charge on any atom is -0.477 e. The third kappa shape index (κ3) is 8.07. The summed E-state index contributed by atoms with van der Waals surface area (Å²) in [6.45, 7) is 8.15. The van der Waals surface area contributed by atoms with Crippen molar-refractivity contribution in [3.8, 4) is 0 Å². The number of aromatic carboxylic acids is 1. The molecule has 2 heterocycles. The lowest BCUT2D eigenvalue weighted by atomic mass is 10.1. The number of aryl methyl sites for hydroxylation is 1. The van der Waals surface area contributed by atoms with Crippen molar-refractivity contribution < 1.29 is 29.3 Å². The summed E-state index contributed by atoms with van der Waals surface area (Å²) >= 11 is 1.09. The van der Waals surface area contributed by atoms with Crippen molar-refractivity contribution in [2.24, 2.45) is 0 Å². The maximum Gasteiger partial charge on any atom is 0.410 e. The number of aliphatic hydroxyl groups is 1. The molecule has 1 aliphatic heterocycles. The predicted molar refractivity (Wildman–Crippen MR) is 162 cm³/mol. The molecule has 3 N–H and O–H groups in total. The van der Waals surface area contributed by atoms with Gasteiger partial charge in [0.15, 0.2) is 5.13 Å². The van der Waals surface area contributed by atoms with Gasteiger partial charge in [0.1, 0.15) is 16.5 Å². The van der Waals surface area contributed by atoms with E-state index in [0.29, 0.717) is 42.4 Å². The Bertz CT molecular complexity index is 1390. The molecule has 0 bridgehead atoms. The van der Waals surface area contributed by atoms with Crippen LogP contribution in [-0.4, -0.2) is 69.3 Å². The number of carbonyl (C=O) groups excluding carboxylic acids is 2. The van der Waals surface area contributed by atoms with E-state index in [0.717, 1.165) is 28.9 Å². The van der Waals surface area contributed by atoms with Gasteiger partial charge in [0.2, 0.25) is 5.91 Å². The molecule has 2 unspecified atom stereocenters. The molecule has 4 rings (SSSR count). The molecule has 3 aromatic rings. The largest absolute Gasteiger partial charge is 0.477 e. The van der Waals surface area contributed by atoms with E-state index in [2.05, 4.69) is 10.3 Å². The summed E-state index contributed by atoms with van der Waals surface area (Å²) in [5.74, 6) is -1.19. The van der Waals surface area contributed by atoms with Crippen molar-refractivity contribution in [3.05, 3.63) is 76.3 Å². The molecule has 1 saturated heterocycles. The summed E-state index contributed by atoms with van der Waals surface area (Å²) in [6.07, 6.45) is 0.649. The summed E-state index contributed by atoms with van der Waals surface area (Å²) < 4.78 is 5.59. The van der Waals surface area contributed by atoms with Crippen LogP contribution in [0.5, 0.6) is 0 Å². The van der Waals surface area contributed by atoms with Crippen molar-refractivity contribution in [3.63, 3.8) is 0 Å². The second-order valence-corrected chi connectivity index (χ2v) is 12.3. The number of nitrogens with one attached hydrogen (secondary N) is 1. The fraction of sp³-hybridized carbons (Fsp3) is 0.419. The molecule has 0 radical (unpaired) electrons. The second kappa shape index (κ2) is 13.3. The monoisotopic (exact) mass is 594 g/mol. The number of aliphatic hydroxyl groups excluding tert-OH is 1. The fourth-order valence-electron chi connectivity index (χ4n) is 4.79. The van der Waals surface area contributed by atoms with E-state index in [9.17, 15) is 24.6 Å². The van der Waals surface area contributed by atoms with Crippen LogP contribution in [-0.2, 0) is 16.0 Å². The number of anilines is 2. The zero-order valence-corrected chi connectivity index (χ0v) is 25.2. The van der Waals surface area contributed by atoms with Gasteiger partial charge in [-0.05, 0) is 70.2 Å². The van der Waals surface area contributed by atoms with Gasteiger partial charge in [-0.1, -0.05) is 53.8 Å². The van der Waals surface area contributed by atoms with Crippen LogP contribution in [0.2, 0.25) is 0 Å². The highest BCUT2D eigenvalue weighted by Crippen LogP contribution is 2.32. The first-order valence-electron chi connectivity index (χ1n) is 14.0. The summed E-state index contributed by atoms with van der Waals surface area (Å²) in [6, 6.07) is 16.2. The number of aromatic nitrogens is 1. The zero-order valence-electron chi connectivity index (χ0n) is 24.4. The van der Waals surface area contributed by atoms with Crippen molar-refractivity contribution >= 4 is 40.1 Å². The van der Waals surface area contributed by atoms with E-state index >= 15 is 0 Å². The highest BCUT2D eigenvalue weighted by molar-refractivity contribution is 7.17. The fourth-order valence-corrected chi connectivity index (χ4v) is 5.77. The molecule has 1 fully saturated rings. The Hall–Kier alpha value is -3.96. The van der Waals surface area contributed by atoms with Gasteiger partial charge in [0.25, 0.3) is 0 Å². The number of nitrogens with zero attached hydrogens (tertiary/aromatic N) is 3. The molecule has 2 aromatic carbocycles. The van der Waals surface area contributed by atoms with E-state index in [1.54, 1.807) is 27.7 Å². The highest BCUT2D eigenvalue weighted by Gasteiger charge is 2.33. The Morgan fingerprint density at radius 2 is 1.83 bits per heavy atom. The first kappa shape index (κ1) is 31.0. The Labute approximate surface area is 249 Å². The molecule has 42 heavy (non-hydrogen) atoms. The molecule has 2 atom stereocenters. The van der Waals surface area contributed by atoms with Gasteiger partial charge in [-0.25, -0.2) is 14.6 Å². The quantitative estimate of drug-likeness (QED) is 0.289. The topological polar surface area (TPSA) is 132 Å². The Morgan fingerprint density at radius 3 is 2.45 bits per heavy atom. The third-order valence-electron chi connectivity index (χ3n) is 6.90. The first-order valence-corrected chi connectivity index (χ1v) is 14.8. The molecular weight excluding hydrogens is 556 g/mol. The normalized spacial score (nSPS) is 15.7. The SMILES string of the molecule is Cc1nc(N2CCCC2C(=O)Nc2ccc(CCN(CC(O)c3ccccc3)C(=O)OC(C)(C)C)cc2)sc1C(=O)O. The van der Waals surface area contributed by atoms with Gasteiger partial charge in [-0.3, -0.25) is 4.79 Å². The van der Waals surface area contributed by atoms with E-state index in [-0.39, 0.29) is 17.3 Å². The molecule has 10 nitrogen and oxygen atoms in total. The average Bonchev–Trinajstić information content (AvgIpc) is 3.58. The van der Waals surface area contributed by atoms with Crippen molar-refractivity contribution in [1.82, 2.24) is 9.88 Å². The number of hydrogen-bond acceptors (Lipinski definition) is 8. The van der Waals surface area contributed by atoms with Gasteiger partial charge in [0, 0.05) is 18.8 Å². The Balaban J connectivity index is 1.37. The number of rotatable bonds is 10. The van der Waals surface area contributed by atoms with Crippen molar-refractivity contribution in [2.45, 2.75) is 64.7 Å². The number of carboxylic acids is 1. The summed E-state index contributed by atoms with van der Waals surface area (Å²) in [7, 11) is 0. The number of hydrogen-bond donors (Lipinski definition) is 3. The second-order valence-electron chi connectivity index (χ2n) is 11.4. The predicted octanol–water partition coefficient (Wildman–Crippen LogP) is 5.27. The van der Waals surface area contributed by atoms with Crippen LogP contribution in [0, 0.1) is 6.92 Å². The van der Waals surface area contributed by atoms with Gasteiger partial charge >= 0.3 is 12.1 Å². The maximum atomic E-state index is 13.2. The molecule has 0 spiro atoms. The summed E-state index contributed by atoms with van der Waals surface area (Å²) in [5.41, 5.74) is 2.10. The number of carbonyl (C=O) groups is 3. The first-order chi connectivity index (χ1) is 19.9. The van der Waals surface area contributed by atoms with Crippen LogP contribution in [0.25, 0.3) is 0 Å². The van der Waals surface area contributed by atoms with Crippen molar-refractivity contribution in [2.75, 3.05) is 29.9 Å². The lowest BCUT2D eigenvalue weighted by Crippen LogP contribution is -2.40. The average molecular weight is 595 g/mol. The molecule has 224 valence electrons. The lowest BCUT2D eigenvalue weighted by molar-refractivity contribution is -0.117. The highest BCUT2D eigenvalue weighted by atomic mass is 32.1. The van der Waals surface area contributed by atoms with E-state index in [4.69, 9.17) is 4.74 Å². The minimum absolute atomic E-state index is 0.0948. The number of amides is 2. The lowest BCUT2D eigenvalue weighted by Gasteiger charge is -2.29. The van der Waals surface area contributed by atoms with Gasteiger partial charge in [-0.2, -0.15) is 0 Å². The zero-order chi connectivity index (χ0) is 30.4. The number of thiazole rings is 1. The van der Waals surface area contributed by atoms with Crippen LogP contribution in [0.1, 0.15) is 66.2 Å². The molecule has 11 heteroatoms. The van der Waals surface area contributed by atoms with Gasteiger partial charge in [-0.15, -0.1) is 0 Å². The standard InChI is InChI=1S/C31H38N4O6S/c1-20-26(28(38)39)42-29(32-20)35-17-8-11-24(35)27(37)33-23-14-12-21(13-15-23)16-18-34(30(40)41-31(2,3)4)19-25(36)22-9-6-5-7-10-22/h5-7,9-10,12-15,24-25,36H,8,11,16-19H2,1-4H3,(H,33,37)(H,38,39). The van der Waals surface area contributed by atoms with Crippen LogP contribution < -0.4 is 10.2 Å². The Kier molecular flexibility index (Phi) is 9.85. The van der Waals surface area contributed by atoms with E-state index in [1.807, 2.05) is 59.5 Å². The Morgan fingerprint density at radius 1 is 1.14 bits per heavy atom. The molecule has 1 aliphatic rings. The molecule has 0 aliphatic carbocycles. The van der Waals surface area contributed by atoms with Crippen LogP contribution in [0.15, 0.2) is 54.6 Å². The maximum absolute atomic E-state index is 13.2. The number of carboxylic acid groups (broad SMARTS) is 1. The number of ether oxygens (including phenoxy) is 1. The van der Waals surface area contributed by atoms with Gasteiger partial charge < -0.3 is 30.1 Å². The number of benzene rings is 2. The van der Waals surface area contributed by atoms with Crippen LogP contribution >= 0.6 is 11.3 Å².